The molecular weight excluding hydrogens is 392 g/mol. The van der Waals surface area contributed by atoms with Crippen molar-refractivity contribution in [3.05, 3.63) is 45.8 Å². The molecule has 2 heterocycles. The van der Waals surface area contributed by atoms with Crippen molar-refractivity contribution >= 4 is 40.0 Å². The van der Waals surface area contributed by atoms with Crippen LogP contribution in [0.5, 0.6) is 0 Å². The number of ether oxygens (including phenoxy) is 1. The average Bonchev–Trinajstić information content (AvgIpc) is 3.05. The van der Waals surface area contributed by atoms with E-state index in [4.69, 9.17) is 4.74 Å². The molecule has 1 aliphatic rings. The first-order chi connectivity index (χ1) is 13.4. The minimum Gasteiger partial charge on any atom is -0.462 e. The number of hydrogen-bond acceptors (Lipinski definition) is 6. The minimum absolute atomic E-state index is 0.208. The molecule has 0 saturated carbocycles. The lowest BCUT2D eigenvalue weighted by Gasteiger charge is -2.30. The SMILES string of the molecule is CCOC(=O)c1c(NC(=O)c2cccc(SC)c2)sc2c1CCN(C(C)C)C2. The molecule has 1 N–H and O–H groups in total. The second kappa shape index (κ2) is 9.11. The third-order valence-electron chi connectivity index (χ3n) is 4.86. The molecule has 5 nitrogen and oxygen atoms in total. The first-order valence-electron chi connectivity index (χ1n) is 9.45. The van der Waals surface area contributed by atoms with Gasteiger partial charge in [0, 0.05) is 34.5 Å². The van der Waals surface area contributed by atoms with E-state index in [-0.39, 0.29) is 11.9 Å². The van der Waals surface area contributed by atoms with Crippen LogP contribution < -0.4 is 5.32 Å². The van der Waals surface area contributed by atoms with Crippen LogP contribution in [0.1, 0.15) is 51.9 Å². The van der Waals surface area contributed by atoms with E-state index in [9.17, 15) is 9.59 Å². The Morgan fingerprint density at radius 3 is 2.82 bits per heavy atom. The molecule has 7 heteroatoms. The Morgan fingerprint density at radius 1 is 1.36 bits per heavy atom. The summed E-state index contributed by atoms with van der Waals surface area (Å²) >= 11 is 3.08. The van der Waals surface area contributed by atoms with E-state index in [0.29, 0.717) is 28.8 Å². The fourth-order valence-corrected chi connectivity index (χ4v) is 5.03. The van der Waals surface area contributed by atoms with Gasteiger partial charge in [-0.05, 0) is 57.2 Å². The highest BCUT2D eigenvalue weighted by Crippen LogP contribution is 2.38. The van der Waals surface area contributed by atoms with E-state index in [1.165, 1.54) is 11.3 Å². The number of esters is 1. The van der Waals surface area contributed by atoms with Crippen LogP contribution in [0.25, 0.3) is 0 Å². The van der Waals surface area contributed by atoms with E-state index < -0.39 is 0 Å². The molecule has 1 aromatic heterocycles. The van der Waals surface area contributed by atoms with Crippen LogP contribution in [0, 0.1) is 0 Å². The summed E-state index contributed by atoms with van der Waals surface area (Å²) in [5.41, 5.74) is 2.13. The number of nitrogens with zero attached hydrogens (tertiary/aromatic N) is 1. The molecule has 0 radical (unpaired) electrons. The summed E-state index contributed by atoms with van der Waals surface area (Å²) in [7, 11) is 0. The summed E-state index contributed by atoms with van der Waals surface area (Å²) < 4.78 is 5.29. The maximum Gasteiger partial charge on any atom is 0.341 e. The molecule has 0 atom stereocenters. The first kappa shape index (κ1) is 20.9. The van der Waals surface area contributed by atoms with Gasteiger partial charge in [-0.25, -0.2) is 4.79 Å². The van der Waals surface area contributed by atoms with Gasteiger partial charge in [-0.15, -0.1) is 23.1 Å². The van der Waals surface area contributed by atoms with E-state index >= 15 is 0 Å². The number of nitrogens with one attached hydrogen (secondary N) is 1. The molecular formula is C21H26N2O3S2. The molecule has 0 bridgehead atoms. The van der Waals surface area contributed by atoms with Crippen molar-refractivity contribution in [1.82, 2.24) is 4.90 Å². The first-order valence-corrected chi connectivity index (χ1v) is 11.5. The zero-order valence-electron chi connectivity index (χ0n) is 16.7. The van der Waals surface area contributed by atoms with Crippen LogP contribution in [0.2, 0.25) is 0 Å². The lowest BCUT2D eigenvalue weighted by Crippen LogP contribution is -2.35. The number of carbonyl (C=O) groups excluding carboxylic acids is 2. The van der Waals surface area contributed by atoms with Crippen LogP contribution in [0.4, 0.5) is 5.00 Å². The maximum absolute atomic E-state index is 12.8. The largest absolute Gasteiger partial charge is 0.462 e. The van der Waals surface area contributed by atoms with Crippen LogP contribution in [0.3, 0.4) is 0 Å². The van der Waals surface area contributed by atoms with Crippen molar-refractivity contribution in [2.75, 3.05) is 24.7 Å². The lowest BCUT2D eigenvalue weighted by molar-refractivity contribution is 0.0526. The molecule has 0 aliphatic carbocycles. The topological polar surface area (TPSA) is 58.6 Å². The molecule has 1 aliphatic heterocycles. The van der Waals surface area contributed by atoms with Crippen molar-refractivity contribution in [3.63, 3.8) is 0 Å². The lowest BCUT2D eigenvalue weighted by atomic mass is 10.0. The molecule has 28 heavy (non-hydrogen) atoms. The Hall–Kier alpha value is -1.83. The van der Waals surface area contributed by atoms with Gasteiger partial charge in [0.1, 0.15) is 5.00 Å². The van der Waals surface area contributed by atoms with Gasteiger partial charge >= 0.3 is 5.97 Å². The zero-order valence-corrected chi connectivity index (χ0v) is 18.3. The number of carbonyl (C=O) groups is 2. The Kier molecular flexibility index (Phi) is 6.80. The molecule has 3 rings (SSSR count). The predicted octanol–water partition coefficient (Wildman–Crippen LogP) is 4.67. The molecule has 1 amide bonds. The van der Waals surface area contributed by atoms with Gasteiger partial charge in [0.2, 0.25) is 0 Å². The van der Waals surface area contributed by atoms with Crippen LogP contribution >= 0.6 is 23.1 Å². The van der Waals surface area contributed by atoms with E-state index in [0.717, 1.165) is 34.8 Å². The Labute approximate surface area is 174 Å². The van der Waals surface area contributed by atoms with Crippen molar-refractivity contribution in [2.24, 2.45) is 0 Å². The molecule has 0 unspecified atom stereocenters. The van der Waals surface area contributed by atoms with Crippen molar-refractivity contribution in [3.8, 4) is 0 Å². The summed E-state index contributed by atoms with van der Waals surface area (Å²) in [5, 5.41) is 3.56. The van der Waals surface area contributed by atoms with Crippen LogP contribution in [-0.4, -0.2) is 42.2 Å². The normalized spacial score (nSPS) is 14.0. The fraction of sp³-hybridized carbons (Fsp3) is 0.429. The molecule has 150 valence electrons. The number of fused-ring (bicyclic) bond motifs is 1. The molecule has 1 aromatic carbocycles. The molecule has 2 aromatic rings. The number of thioether (sulfide) groups is 1. The monoisotopic (exact) mass is 418 g/mol. The van der Waals surface area contributed by atoms with Gasteiger partial charge in [0.15, 0.2) is 0 Å². The summed E-state index contributed by atoms with van der Waals surface area (Å²) in [6.07, 6.45) is 2.76. The molecule has 0 saturated heterocycles. The third kappa shape index (κ3) is 4.42. The molecule has 0 fully saturated rings. The predicted molar refractivity (Wildman–Crippen MR) is 116 cm³/mol. The Balaban J connectivity index is 1.93. The maximum atomic E-state index is 12.8. The van der Waals surface area contributed by atoms with E-state index in [1.807, 2.05) is 24.5 Å². The van der Waals surface area contributed by atoms with Crippen LogP contribution in [0.15, 0.2) is 29.2 Å². The standard InChI is InChI=1S/C21H26N2O3S2/c1-5-26-21(25)18-16-9-10-23(13(2)3)12-17(16)28-20(18)22-19(24)14-7-6-8-15(11-14)27-4/h6-8,11,13H,5,9-10,12H2,1-4H3,(H,22,24). The van der Waals surface area contributed by atoms with Gasteiger partial charge in [0.25, 0.3) is 5.91 Å². The summed E-state index contributed by atoms with van der Waals surface area (Å²) in [5.74, 6) is -0.563. The van der Waals surface area contributed by atoms with Crippen molar-refractivity contribution < 1.29 is 14.3 Å². The van der Waals surface area contributed by atoms with Gasteiger partial charge < -0.3 is 10.1 Å². The number of rotatable bonds is 6. The van der Waals surface area contributed by atoms with E-state index in [1.54, 1.807) is 24.8 Å². The van der Waals surface area contributed by atoms with Crippen molar-refractivity contribution in [2.45, 2.75) is 44.7 Å². The molecule has 0 spiro atoms. The highest BCUT2D eigenvalue weighted by molar-refractivity contribution is 7.98. The summed E-state index contributed by atoms with van der Waals surface area (Å²) in [6.45, 7) is 8.14. The van der Waals surface area contributed by atoms with Crippen LogP contribution in [-0.2, 0) is 17.7 Å². The third-order valence-corrected chi connectivity index (χ3v) is 6.71. The second-order valence-electron chi connectivity index (χ2n) is 6.93. The number of anilines is 1. The average molecular weight is 419 g/mol. The van der Waals surface area contributed by atoms with E-state index in [2.05, 4.69) is 24.1 Å². The zero-order chi connectivity index (χ0) is 20.3. The summed E-state index contributed by atoms with van der Waals surface area (Å²) in [6, 6.07) is 7.92. The highest BCUT2D eigenvalue weighted by atomic mass is 32.2. The van der Waals surface area contributed by atoms with Gasteiger partial charge in [-0.1, -0.05) is 6.07 Å². The smallest absolute Gasteiger partial charge is 0.341 e. The number of hydrogen-bond donors (Lipinski definition) is 1. The summed E-state index contributed by atoms with van der Waals surface area (Å²) in [4.78, 5) is 30.0. The quantitative estimate of drug-likeness (QED) is 0.546. The highest BCUT2D eigenvalue weighted by Gasteiger charge is 2.30. The van der Waals surface area contributed by atoms with Gasteiger partial charge in [-0.2, -0.15) is 0 Å². The fourth-order valence-electron chi connectivity index (χ4n) is 3.31. The Morgan fingerprint density at radius 2 is 2.14 bits per heavy atom. The second-order valence-corrected chi connectivity index (χ2v) is 8.91. The number of benzene rings is 1. The number of amides is 1. The van der Waals surface area contributed by atoms with Gasteiger partial charge in [0.05, 0.1) is 12.2 Å². The van der Waals surface area contributed by atoms with Crippen molar-refractivity contribution in [1.29, 1.82) is 0 Å². The number of thiophene rings is 1. The Bertz CT molecular complexity index is 877. The van der Waals surface area contributed by atoms with Gasteiger partial charge in [-0.3, -0.25) is 9.69 Å². The minimum atomic E-state index is -0.355.